The van der Waals surface area contributed by atoms with E-state index in [1.165, 1.54) is 19.3 Å². The number of amides is 2. The second kappa shape index (κ2) is 8.39. The molecule has 0 aromatic heterocycles. The van der Waals surface area contributed by atoms with Crippen LogP contribution in [-0.4, -0.2) is 32.3 Å². The van der Waals surface area contributed by atoms with Crippen molar-refractivity contribution in [3.63, 3.8) is 0 Å². The van der Waals surface area contributed by atoms with E-state index < -0.39 is 0 Å². The predicted octanol–water partition coefficient (Wildman–Crippen LogP) is 2.71. The normalized spacial score (nSPS) is 15.3. The van der Waals surface area contributed by atoms with Gasteiger partial charge in [-0.1, -0.05) is 31.4 Å². The third kappa shape index (κ3) is 5.17. The van der Waals surface area contributed by atoms with Crippen LogP contribution in [0.3, 0.4) is 0 Å². The lowest BCUT2D eigenvalue weighted by molar-refractivity contribution is 0.228. The average Bonchev–Trinajstić information content (AvgIpc) is 2.53. The van der Waals surface area contributed by atoms with Gasteiger partial charge in [-0.15, -0.1) is 0 Å². The lowest BCUT2D eigenvalue weighted by Gasteiger charge is -2.22. The van der Waals surface area contributed by atoms with E-state index in [2.05, 4.69) is 10.6 Å². The molecule has 0 spiro atoms. The molecule has 0 heterocycles. The number of para-hydroxylation sites is 2. The summed E-state index contributed by atoms with van der Waals surface area (Å²) in [7, 11) is 1.61. The number of rotatable bonds is 6. The third-order valence-electron chi connectivity index (χ3n) is 3.65. The van der Waals surface area contributed by atoms with Gasteiger partial charge in [0.1, 0.15) is 6.61 Å². The molecule has 2 rings (SSSR count). The molecule has 5 heteroatoms. The molecule has 2 N–H and O–H groups in total. The van der Waals surface area contributed by atoms with Gasteiger partial charge in [-0.2, -0.15) is 0 Å². The van der Waals surface area contributed by atoms with Crippen LogP contribution < -0.4 is 20.1 Å². The smallest absolute Gasteiger partial charge is 0.315 e. The Morgan fingerprint density at radius 1 is 1.19 bits per heavy atom. The Labute approximate surface area is 126 Å². The fourth-order valence-corrected chi connectivity index (χ4v) is 2.55. The maximum absolute atomic E-state index is 11.7. The van der Waals surface area contributed by atoms with Gasteiger partial charge < -0.3 is 20.1 Å². The minimum absolute atomic E-state index is 0.106. The van der Waals surface area contributed by atoms with Crippen LogP contribution in [-0.2, 0) is 0 Å². The molecular formula is C16H24N2O3. The van der Waals surface area contributed by atoms with Gasteiger partial charge in [0.2, 0.25) is 0 Å². The van der Waals surface area contributed by atoms with Crippen LogP contribution >= 0.6 is 0 Å². The summed E-state index contributed by atoms with van der Waals surface area (Å²) in [4.78, 5) is 11.7. The standard InChI is InChI=1S/C16H24N2O3/c1-20-14-9-5-6-10-15(14)21-12-11-17-16(19)18-13-7-3-2-4-8-13/h5-6,9-10,13H,2-4,7-8,11-12H2,1H3,(H2,17,18,19). The minimum Gasteiger partial charge on any atom is -0.493 e. The van der Waals surface area contributed by atoms with E-state index in [0.717, 1.165) is 12.8 Å². The monoisotopic (exact) mass is 292 g/mol. The van der Waals surface area contributed by atoms with Gasteiger partial charge in [-0.05, 0) is 25.0 Å². The zero-order valence-corrected chi connectivity index (χ0v) is 12.6. The average molecular weight is 292 g/mol. The Hall–Kier alpha value is -1.91. The van der Waals surface area contributed by atoms with Gasteiger partial charge in [0.15, 0.2) is 11.5 Å². The highest BCUT2D eigenvalue weighted by atomic mass is 16.5. The quantitative estimate of drug-likeness (QED) is 0.793. The molecule has 1 aromatic carbocycles. The maximum Gasteiger partial charge on any atom is 0.315 e. The molecule has 0 radical (unpaired) electrons. The van der Waals surface area contributed by atoms with Crippen molar-refractivity contribution in [2.75, 3.05) is 20.3 Å². The third-order valence-corrected chi connectivity index (χ3v) is 3.65. The van der Waals surface area contributed by atoms with Crippen LogP contribution in [0.4, 0.5) is 4.79 Å². The number of methoxy groups -OCH3 is 1. The van der Waals surface area contributed by atoms with Crippen LogP contribution in [0.2, 0.25) is 0 Å². The second-order valence-corrected chi connectivity index (χ2v) is 5.23. The molecule has 0 unspecified atom stereocenters. The SMILES string of the molecule is COc1ccccc1OCCNC(=O)NC1CCCCC1. The molecule has 1 saturated carbocycles. The van der Waals surface area contributed by atoms with Gasteiger partial charge in [-0.3, -0.25) is 0 Å². The fourth-order valence-electron chi connectivity index (χ4n) is 2.55. The van der Waals surface area contributed by atoms with E-state index >= 15 is 0 Å². The van der Waals surface area contributed by atoms with Crippen molar-refractivity contribution >= 4 is 6.03 Å². The van der Waals surface area contributed by atoms with E-state index in [1.54, 1.807) is 7.11 Å². The second-order valence-electron chi connectivity index (χ2n) is 5.23. The molecule has 21 heavy (non-hydrogen) atoms. The molecule has 1 aromatic rings. The lowest BCUT2D eigenvalue weighted by atomic mass is 9.96. The Kier molecular flexibility index (Phi) is 6.19. The molecule has 0 atom stereocenters. The number of ether oxygens (including phenoxy) is 2. The summed E-state index contributed by atoms with van der Waals surface area (Å²) in [6.45, 7) is 0.884. The number of carbonyl (C=O) groups is 1. The summed E-state index contributed by atoms with van der Waals surface area (Å²) >= 11 is 0. The first-order valence-corrected chi connectivity index (χ1v) is 7.60. The number of carbonyl (C=O) groups excluding carboxylic acids is 1. The van der Waals surface area contributed by atoms with Crippen molar-refractivity contribution in [1.82, 2.24) is 10.6 Å². The first kappa shape index (κ1) is 15.5. The van der Waals surface area contributed by atoms with Gasteiger partial charge in [0.25, 0.3) is 0 Å². The summed E-state index contributed by atoms with van der Waals surface area (Å²) in [6.07, 6.45) is 5.88. The predicted molar refractivity (Wildman–Crippen MR) is 81.9 cm³/mol. The highest BCUT2D eigenvalue weighted by molar-refractivity contribution is 5.74. The summed E-state index contributed by atoms with van der Waals surface area (Å²) in [5.41, 5.74) is 0. The van der Waals surface area contributed by atoms with Crippen molar-refractivity contribution in [3.8, 4) is 11.5 Å². The molecule has 1 aliphatic carbocycles. The summed E-state index contributed by atoms with van der Waals surface area (Å²) in [5.74, 6) is 1.39. The molecule has 0 saturated heterocycles. The Balaban J connectivity index is 1.63. The van der Waals surface area contributed by atoms with Crippen molar-refractivity contribution in [3.05, 3.63) is 24.3 Å². The van der Waals surface area contributed by atoms with Crippen LogP contribution in [0.25, 0.3) is 0 Å². The minimum atomic E-state index is -0.106. The van der Waals surface area contributed by atoms with Crippen LogP contribution in [0, 0.1) is 0 Å². The topological polar surface area (TPSA) is 59.6 Å². The molecular weight excluding hydrogens is 268 g/mol. The molecule has 5 nitrogen and oxygen atoms in total. The van der Waals surface area contributed by atoms with Crippen molar-refractivity contribution < 1.29 is 14.3 Å². The Bertz CT molecular complexity index is 445. The highest BCUT2D eigenvalue weighted by Crippen LogP contribution is 2.25. The van der Waals surface area contributed by atoms with Gasteiger partial charge in [0.05, 0.1) is 13.7 Å². The van der Waals surface area contributed by atoms with Crippen molar-refractivity contribution in [1.29, 1.82) is 0 Å². The first-order valence-electron chi connectivity index (χ1n) is 7.60. The maximum atomic E-state index is 11.7. The molecule has 1 fully saturated rings. The van der Waals surface area contributed by atoms with Crippen LogP contribution in [0.15, 0.2) is 24.3 Å². The number of benzene rings is 1. The molecule has 0 bridgehead atoms. The molecule has 0 aliphatic heterocycles. The Morgan fingerprint density at radius 3 is 2.62 bits per heavy atom. The van der Waals surface area contributed by atoms with E-state index in [4.69, 9.17) is 9.47 Å². The number of hydrogen-bond acceptors (Lipinski definition) is 3. The van der Waals surface area contributed by atoms with E-state index in [-0.39, 0.29) is 6.03 Å². The van der Waals surface area contributed by atoms with Crippen LogP contribution in [0.1, 0.15) is 32.1 Å². The van der Waals surface area contributed by atoms with Crippen molar-refractivity contribution in [2.24, 2.45) is 0 Å². The summed E-state index contributed by atoms with van der Waals surface area (Å²) in [6, 6.07) is 7.70. The summed E-state index contributed by atoms with van der Waals surface area (Å²) in [5, 5.41) is 5.83. The van der Waals surface area contributed by atoms with Crippen molar-refractivity contribution in [2.45, 2.75) is 38.1 Å². The van der Waals surface area contributed by atoms with E-state index in [1.807, 2.05) is 24.3 Å². The lowest BCUT2D eigenvalue weighted by Crippen LogP contribution is -2.44. The molecule has 2 amide bonds. The summed E-state index contributed by atoms with van der Waals surface area (Å²) < 4.78 is 10.8. The van der Waals surface area contributed by atoms with E-state index in [0.29, 0.717) is 30.7 Å². The fraction of sp³-hybridized carbons (Fsp3) is 0.562. The van der Waals surface area contributed by atoms with E-state index in [9.17, 15) is 4.79 Å². The first-order chi connectivity index (χ1) is 10.3. The number of hydrogen-bond donors (Lipinski definition) is 2. The van der Waals surface area contributed by atoms with Gasteiger partial charge >= 0.3 is 6.03 Å². The number of urea groups is 1. The van der Waals surface area contributed by atoms with Gasteiger partial charge in [-0.25, -0.2) is 4.79 Å². The molecule has 116 valence electrons. The van der Waals surface area contributed by atoms with Gasteiger partial charge in [0, 0.05) is 6.04 Å². The highest BCUT2D eigenvalue weighted by Gasteiger charge is 2.15. The largest absolute Gasteiger partial charge is 0.493 e. The zero-order chi connectivity index (χ0) is 14.9. The molecule has 1 aliphatic rings. The van der Waals surface area contributed by atoms with Crippen LogP contribution in [0.5, 0.6) is 11.5 Å². The zero-order valence-electron chi connectivity index (χ0n) is 12.6. The Morgan fingerprint density at radius 2 is 1.90 bits per heavy atom. The number of nitrogens with one attached hydrogen (secondary N) is 2.